The molecule has 1 aromatic carbocycles. The number of ketones is 1. The minimum Gasteiger partial charge on any atom is -0.496 e. The van der Waals surface area contributed by atoms with Crippen molar-refractivity contribution in [3.05, 3.63) is 60.3 Å². The second kappa shape index (κ2) is 13.4. The molecule has 0 spiro atoms. The number of hydrogen-bond donors (Lipinski definition) is 2. The van der Waals surface area contributed by atoms with Crippen LogP contribution in [0.25, 0.3) is 22.2 Å². The molecule has 220 valence electrons. The van der Waals surface area contributed by atoms with Crippen molar-refractivity contribution in [1.29, 1.82) is 0 Å². The number of unbranched alkanes of at least 4 members (excludes halogenated alkanes) is 2. The number of carbonyl (C=O) groups excluding carboxylic acids is 3. The Bertz CT molecular complexity index is 1550. The van der Waals surface area contributed by atoms with Crippen LogP contribution in [0.4, 0.5) is 0 Å². The molecule has 4 aromatic rings. The zero-order chi connectivity index (χ0) is 29.5. The molecule has 1 unspecified atom stereocenters. The molecule has 1 fully saturated rings. The maximum Gasteiger partial charge on any atom is 0.263 e. The van der Waals surface area contributed by atoms with E-state index in [-0.39, 0.29) is 36.6 Å². The summed E-state index contributed by atoms with van der Waals surface area (Å²) in [4.78, 5) is 55.4. The highest BCUT2D eigenvalue weighted by atomic mass is 16.5. The summed E-state index contributed by atoms with van der Waals surface area (Å²) in [5, 5.41) is 4.02. The lowest BCUT2D eigenvalue weighted by molar-refractivity contribution is -0.146. The second-order valence-corrected chi connectivity index (χ2v) is 10.2. The number of nitrogens with zero attached hydrogens (tertiary/aromatic N) is 4. The lowest BCUT2D eigenvalue weighted by Gasteiger charge is -2.27. The number of amides is 2. The summed E-state index contributed by atoms with van der Waals surface area (Å²) in [6, 6.07) is 7.44. The van der Waals surface area contributed by atoms with E-state index in [1.807, 2.05) is 31.2 Å². The van der Waals surface area contributed by atoms with Gasteiger partial charge in [-0.1, -0.05) is 18.9 Å². The zero-order valence-electron chi connectivity index (χ0n) is 23.7. The molecule has 0 aliphatic carbocycles. The molecule has 5 rings (SSSR count). The van der Waals surface area contributed by atoms with E-state index < -0.39 is 6.04 Å². The van der Waals surface area contributed by atoms with E-state index in [0.29, 0.717) is 44.0 Å². The number of rotatable bonds is 13. The van der Waals surface area contributed by atoms with Crippen LogP contribution in [0.1, 0.15) is 60.3 Å². The zero-order valence-corrected chi connectivity index (χ0v) is 23.7. The maximum atomic E-state index is 13.0. The van der Waals surface area contributed by atoms with Gasteiger partial charge in [-0.3, -0.25) is 19.4 Å². The first-order chi connectivity index (χ1) is 20.4. The van der Waals surface area contributed by atoms with Gasteiger partial charge in [0.15, 0.2) is 0 Å². The largest absolute Gasteiger partial charge is 0.496 e. The Morgan fingerprint density at radius 3 is 2.86 bits per heavy atom. The fourth-order valence-corrected chi connectivity index (χ4v) is 4.97. The Hall–Kier alpha value is -4.58. The lowest BCUT2D eigenvalue weighted by atomic mass is 10.0. The Labute approximate surface area is 242 Å². The van der Waals surface area contributed by atoms with Crippen molar-refractivity contribution in [2.45, 2.75) is 45.1 Å². The Balaban J connectivity index is 1.30. The molecule has 1 atom stereocenters. The van der Waals surface area contributed by atoms with Gasteiger partial charge in [0.25, 0.3) is 5.89 Å². The first-order valence-electron chi connectivity index (χ1n) is 14.0. The van der Waals surface area contributed by atoms with E-state index in [1.54, 1.807) is 13.3 Å². The van der Waals surface area contributed by atoms with E-state index in [4.69, 9.17) is 13.9 Å². The van der Waals surface area contributed by atoms with Gasteiger partial charge in [0.05, 0.1) is 49.9 Å². The predicted octanol–water partition coefficient (Wildman–Crippen LogP) is 3.78. The van der Waals surface area contributed by atoms with E-state index in [2.05, 4.69) is 25.3 Å². The van der Waals surface area contributed by atoms with Gasteiger partial charge in [-0.2, -0.15) is 0 Å². The molecule has 42 heavy (non-hydrogen) atoms. The summed E-state index contributed by atoms with van der Waals surface area (Å²) in [6.45, 7) is 2.64. The number of carbonyl (C=O) groups is 3. The van der Waals surface area contributed by atoms with Crippen LogP contribution in [0.15, 0.2) is 47.3 Å². The molecule has 0 radical (unpaired) electrons. The van der Waals surface area contributed by atoms with E-state index in [1.165, 1.54) is 17.4 Å². The molecular formula is C30H34N6O6. The molecule has 12 heteroatoms. The third kappa shape index (κ3) is 7.00. The predicted molar refractivity (Wildman–Crippen MR) is 153 cm³/mol. The van der Waals surface area contributed by atoms with Crippen molar-refractivity contribution >= 4 is 28.5 Å². The average Bonchev–Trinajstić information content (AvgIpc) is 3.70. The normalized spacial score (nSPS) is 14.2. The van der Waals surface area contributed by atoms with Crippen LogP contribution in [0.3, 0.4) is 0 Å². The van der Waals surface area contributed by atoms with Gasteiger partial charge in [-0.15, -0.1) is 0 Å². The lowest BCUT2D eigenvalue weighted by Crippen LogP contribution is -2.47. The number of methoxy groups -OCH3 is 1. The van der Waals surface area contributed by atoms with Crippen LogP contribution in [0.5, 0.6) is 5.75 Å². The number of fused-ring (bicyclic) bond motifs is 1. The third-order valence-corrected chi connectivity index (χ3v) is 7.19. The Morgan fingerprint density at radius 1 is 1.19 bits per heavy atom. The molecular weight excluding hydrogens is 540 g/mol. The molecule has 3 aromatic heterocycles. The van der Waals surface area contributed by atoms with Crippen LogP contribution in [0, 0.1) is 6.92 Å². The molecule has 1 aliphatic rings. The van der Waals surface area contributed by atoms with Gasteiger partial charge in [0.1, 0.15) is 24.4 Å². The first-order valence-corrected chi connectivity index (χ1v) is 14.0. The number of Topliss-reactive ketones (excluding diaryl/α,β-unsaturated/α-hetero) is 1. The highest BCUT2D eigenvalue weighted by Gasteiger charge is 2.24. The number of aryl methyl sites for hydroxylation is 1. The molecule has 0 saturated carbocycles. The molecule has 2 amide bonds. The Morgan fingerprint density at radius 2 is 2.07 bits per heavy atom. The second-order valence-electron chi connectivity index (χ2n) is 10.2. The van der Waals surface area contributed by atoms with Crippen LogP contribution in [-0.2, 0) is 14.3 Å². The molecule has 2 N–H and O–H groups in total. The first kappa shape index (κ1) is 28.9. The fourth-order valence-electron chi connectivity index (χ4n) is 4.97. The maximum absolute atomic E-state index is 13.0. The smallest absolute Gasteiger partial charge is 0.263 e. The van der Waals surface area contributed by atoms with Crippen molar-refractivity contribution < 1.29 is 28.3 Å². The van der Waals surface area contributed by atoms with Crippen LogP contribution in [0.2, 0.25) is 0 Å². The van der Waals surface area contributed by atoms with Crippen molar-refractivity contribution in [2.24, 2.45) is 0 Å². The van der Waals surface area contributed by atoms with Crippen molar-refractivity contribution in [2.75, 3.05) is 33.4 Å². The van der Waals surface area contributed by atoms with Crippen LogP contribution < -0.4 is 10.1 Å². The van der Waals surface area contributed by atoms with Crippen molar-refractivity contribution in [3.8, 4) is 17.0 Å². The van der Waals surface area contributed by atoms with Gasteiger partial charge in [-0.25, -0.2) is 9.97 Å². The number of aromatic amines is 1. The number of oxazole rings is 1. The Kier molecular flexibility index (Phi) is 9.22. The summed E-state index contributed by atoms with van der Waals surface area (Å²) in [7, 11) is 1.61. The number of morpholine rings is 1. The summed E-state index contributed by atoms with van der Waals surface area (Å²) < 4.78 is 15.9. The number of pyridine rings is 1. The van der Waals surface area contributed by atoms with Gasteiger partial charge < -0.3 is 29.1 Å². The van der Waals surface area contributed by atoms with Gasteiger partial charge in [0, 0.05) is 35.7 Å². The number of aromatic nitrogens is 4. The number of ether oxygens (including phenoxy) is 2. The van der Waals surface area contributed by atoms with Gasteiger partial charge in [0.2, 0.25) is 17.6 Å². The van der Waals surface area contributed by atoms with E-state index >= 15 is 0 Å². The quantitative estimate of drug-likeness (QED) is 0.179. The van der Waals surface area contributed by atoms with Crippen molar-refractivity contribution in [3.63, 3.8) is 0 Å². The van der Waals surface area contributed by atoms with Crippen molar-refractivity contribution in [1.82, 2.24) is 30.2 Å². The van der Waals surface area contributed by atoms with E-state index in [0.717, 1.165) is 40.7 Å². The topological polar surface area (TPSA) is 153 Å². The number of nitrogens with one attached hydrogen (secondary N) is 2. The standard InChI is InChI=1S/C30H34N6O6/c1-19-8-9-20-14-21(26(40-2)15-23(20)33-19)24-16-32-29(35-24)22(34-27(38)17-36-11-13-41-18-28(36)39)6-4-3-5-7-25(37)30-31-10-12-42-30/h8-10,12,14-16,22H,3-7,11,13,17-18H2,1-2H3,(H,32,35)(H,34,38). The molecule has 4 heterocycles. The third-order valence-electron chi connectivity index (χ3n) is 7.19. The SMILES string of the molecule is COc1cc2nc(C)ccc2cc1-c1cnc(C(CCCCCC(=O)c2ncco2)NC(=O)CN2CCOCC2=O)[nH]1. The summed E-state index contributed by atoms with van der Waals surface area (Å²) in [5.74, 6) is 0.736. The summed E-state index contributed by atoms with van der Waals surface area (Å²) in [6.07, 6.45) is 7.64. The minimum absolute atomic E-state index is 0.0207. The highest BCUT2D eigenvalue weighted by molar-refractivity contribution is 5.91. The number of hydrogen-bond acceptors (Lipinski definition) is 9. The monoisotopic (exact) mass is 574 g/mol. The fraction of sp³-hybridized carbons (Fsp3) is 0.400. The summed E-state index contributed by atoms with van der Waals surface area (Å²) >= 11 is 0. The highest BCUT2D eigenvalue weighted by Crippen LogP contribution is 2.33. The molecule has 12 nitrogen and oxygen atoms in total. The molecule has 1 aliphatic heterocycles. The molecule has 1 saturated heterocycles. The number of imidazole rings is 1. The number of benzene rings is 1. The number of H-pyrrole nitrogens is 1. The molecule has 0 bridgehead atoms. The van der Waals surface area contributed by atoms with E-state index in [9.17, 15) is 14.4 Å². The van der Waals surface area contributed by atoms with Gasteiger partial charge in [-0.05, 0) is 31.9 Å². The minimum atomic E-state index is -0.430. The van der Waals surface area contributed by atoms with Gasteiger partial charge >= 0.3 is 0 Å². The summed E-state index contributed by atoms with van der Waals surface area (Å²) in [5.41, 5.74) is 3.31. The van der Waals surface area contributed by atoms with Crippen LogP contribution in [-0.4, -0.2) is 75.8 Å². The van der Waals surface area contributed by atoms with Crippen LogP contribution >= 0.6 is 0 Å². The average molecular weight is 575 g/mol.